The Bertz CT molecular complexity index is 1310. The van der Waals surface area contributed by atoms with Crippen molar-refractivity contribution in [1.82, 2.24) is 9.47 Å². The summed E-state index contributed by atoms with van der Waals surface area (Å²) in [6, 6.07) is 9.13. The Hall–Kier alpha value is -3.30. The highest BCUT2D eigenvalue weighted by molar-refractivity contribution is 5.87. The van der Waals surface area contributed by atoms with E-state index in [1.54, 1.807) is 14.0 Å². The van der Waals surface area contributed by atoms with E-state index in [-0.39, 0.29) is 37.8 Å². The summed E-state index contributed by atoms with van der Waals surface area (Å²) in [6.07, 6.45) is 0. The van der Waals surface area contributed by atoms with Crippen LogP contribution in [0.1, 0.15) is 42.8 Å². The third-order valence-electron chi connectivity index (χ3n) is 6.60. The van der Waals surface area contributed by atoms with Gasteiger partial charge in [0.25, 0.3) is 5.56 Å². The van der Waals surface area contributed by atoms with Gasteiger partial charge in [-0.3, -0.25) is 19.1 Å². The molecule has 0 saturated heterocycles. The molecule has 2 heterocycles. The second-order valence-electron chi connectivity index (χ2n) is 8.51. The second-order valence-corrected chi connectivity index (χ2v) is 8.51. The van der Waals surface area contributed by atoms with Crippen molar-refractivity contribution >= 4 is 16.7 Å². The Labute approximate surface area is 201 Å². The highest BCUT2D eigenvalue weighted by Gasteiger charge is 2.33. The van der Waals surface area contributed by atoms with E-state index in [4.69, 9.17) is 14.2 Å². The number of carbonyl (C=O) groups is 1. The number of hydrogen-bond acceptors (Lipinski definition) is 6. The van der Waals surface area contributed by atoms with Crippen LogP contribution in [-0.2, 0) is 27.4 Å². The smallest absolute Gasteiger partial charge is 0.326 e. The molecule has 0 unspecified atom stereocenters. The van der Waals surface area contributed by atoms with Crippen LogP contribution in [0.25, 0.3) is 10.8 Å². The van der Waals surface area contributed by atoms with Crippen molar-refractivity contribution in [3.05, 3.63) is 75.2 Å². The Morgan fingerprint density at radius 3 is 2.49 bits per heavy atom. The summed E-state index contributed by atoms with van der Waals surface area (Å²) in [5.74, 6) is -2.03. The van der Waals surface area contributed by atoms with Crippen molar-refractivity contribution in [3.8, 4) is 5.75 Å². The molecular formula is C26H28F2N2O5. The Morgan fingerprint density at radius 1 is 1.20 bits per heavy atom. The lowest BCUT2D eigenvalue weighted by Crippen LogP contribution is -2.38. The van der Waals surface area contributed by atoms with Gasteiger partial charge in [-0.2, -0.15) is 0 Å². The first-order valence-corrected chi connectivity index (χ1v) is 11.4. The van der Waals surface area contributed by atoms with Crippen molar-refractivity contribution in [1.29, 1.82) is 0 Å². The fourth-order valence-corrected chi connectivity index (χ4v) is 4.61. The number of likely N-dealkylation sites (N-methyl/N-ethyl adjacent to an activating group) is 1. The van der Waals surface area contributed by atoms with Gasteiger partial charge in [0.05, 0.1) is 44.1 Å². The first-order valence-electron chi connectivity index (χ1n) is 11.4. The van der Waals surface area contributed by atoms with Crippen molar-refractivity contribution < 1.29 is 27.8 Å². The summed E-state index contributed by atoms with van der Waals surface area (Å²) in [4.78, 5) is 27.6. The predicted molar refractivity (Wildman–Crippen MR) is 126 cm³/mol. The highest BCUT2D eigenvalue weighted by atomic mass is 19.2. The van der Waals surface area contributed by atoms with Crippen molar-refractivity contribution in [2.45, 2.75) is 39.1 Å². The van der Waals surface area contributed by atoms with Crippen LogP contribution in [0.2, 0.25) is 0 Å². The SMILES string of the molecule is CCOC(=O)Cn1c2c(c3cc(F)c(F)cc3c1=O)[C@H](N(C)[C@H](C)c1ccc(OC)cc1)COC2. The van der Waals surface area contributed by atoms with Gasteiger partial charge >= 0.3 is 5.97 Å². The summed E-state index contributed by atoms with van der Waals surface area (Å²) >= 11 is 0. The van der Waals surface area contributed by atoms with Crippen molar-refractivity contribution in [2.24, 2.45) is 0 Å². The van der Waals surface area contributed by atoms with Crippen molar-refractivity contribution in [2.75, 3.05) is 27.4 Å². The lowest BCUT2D eigenvalue weighted by molar-refractivity contribution is -0.144. The molecule has 3 aromatic rings. The average Bonchev–Trinajstić information content (AvgIpc) is 2.86. The van der Waals surface area contributed by atoms with Gasteiger partial charge in [-0.15, -0.1) is 0 Å². The van der Waals surface area contributed by atoms with Crippen LogP contribution in [0.4, 0.5) is 8.78 Å². The molecule has 0 fully saturated rings. The number of carbonyl (C=O) groups excluding carboxylic acids is 1. The lowest BCUT2D eigenvalue weighted by Gasteiger charge is -2.38. The Kier molecular flexibility index (Phi) is 7.18. The molecule has 9 heteroatoms. The molecule has 1 aromatic heterocycles. The maximum atomic E-state index is 14.4. The van der Waals surface area contributed by atoms with E-state index in [0.717, 1.165) is 23.4 Å². The van der Waals surface area contributed by atoms with Crippen LogP contribution in [-0.4, -0.2) is 42.8 Å². The summed E-state index contributed by atoms with van der Waals surface area (Å²) in [6.45, 7) is 3.83. The minimum absolute atomic E-state index is 0.00403. The number of fused-ring (bicyclic) bond motifs is 3. The number of esters is 1. The van der Waals surface area contributed by atoms with Gasteiger partial charge in [-0.25, -0.2) is 8.78 Å². The van der Waals surface area contributed by atoms with Crippen LogP contribution >= 0.6 is 0 Å². The molecule has 2 aromatic carbocycles. The molecule has 0 saturated carbocycles. The summed E-state index contributed by atoms with van der Waals surface area (Å²) in [7, 11) is 3.51. The van der Waals surface area contributed by atoms with Gasteiger partial charge in [-0.05, 0) is 56.1 Å². The summed E-state index contributed by atoms with van der Waals surface area (Å²) in [5.41, 5.74) is 1.51. The fourth-order valence-electron chi connectivity index (χ4n) is 4.61. The monoisotopic (exact) mass is 486 g/mol. The van der Waals surface area contributed by atoms with Gasteiger partial charge in [0.1, 0.15) is 12.3 Å². The van der Waals surface area contributed by atoms with E-state index in [0.29, 0.717) is 16.6 Å². The standard InChI is InChI=1S/C26H28F2N2O5/c1-5-35-24(31)12-30-23-14-34-13-22(29(3)15(2)16-6-8-17(33-4)9-7-16)25(23)18-10-20(27)21(28)11-19(18)26(30)32/h6-11,15,22H,5,12-14H2,1-4H3/t15-,22-/m1/s1. The molecule has 4 rings (SSSR count). The maximum absolute atomic E-state index is 14.4. The number of nitrogens with zero attached hydrogens (tertiary/aromatic N) is 2. The van der Waals surface area contributed by atoms with Crippen LogP contribution in [0, 0.1) is 11.6 Å². The molecule has 0 bridgehead atoms. The lowest BCUT2D eigenvalue weighted by atomic mass is 9.93. The second kappa shape index (κ2) is 10.1. The van der Waals surface area contributed by atoms with Crippen LogP contribution in [0.15, 0.2) is 41.2 Å². The topological polar surface area (TPSA) is 70.0 Å². The normalized spacial score (nSPS) is 16.3. The minimum Gasteiger partial charge on any atom is -0.497 e. The van der Waals surface area contributed by atoms with E-state index in [1.807, 2.05) is 38.2 Å². The molecule has 0 amide bonds. The fraction of sp³-hybridized carbons (Fsp3) is 0.385. The molecule has 186 valence electrons. The molecule has 0 radical (unpaired) electrons. The summed E-state index contributed by atoms with van der Waals surface area (Å²) < 4.78 is 45.9. The largest absolute Gasteiger partial charge is 0.497 e. The Morgan fingerprint density at radius 2 is 1.86 bits per heavy atom. The number of hydrogen-bond donors (Lipinski definition) is 0. The van der Waals surface area contributed by atoms with Gasteiger partial charge < -0.3 is 14.2 Å². The maximum Gasteiger partial charge on any atom is 0.326 e. The van der Waals surface area contributed by atoms with Crippen LogP contribution in [0.5, 0.6) is 5.75 Å². The average molecular weight is 487 g/mol. The number of aromatic nitrogens is 1. The number of pyridine rings is 1. The molecule has 0 spiro atoms. The van der Waals surface area contributed by atoms with Crippen molar-refractivity contribution in [3.63, 3.8) is 0 Å². The van der Waals surface area contributed by atoms with Gasteiger partial charge in [0.2, 0.25) is 0 Å². The molecule has 1 aliphatic heterocycles. The third-order valence-corrected chi connectivity index (χ3v) is 6.60. The zero-order valence-corrected chi connectivity index (χ0v) is 20.1. The number of benzene rings is 2. The first kappa shape index (κ1) is 24.8. The molecule has 0 aliphatic carbocycles. The molecule has 0 N–H and O–H groups in total. The number of rotatable bonds is 7. The molecule has 35 heavy (non-hydrogen) atoms. The third kappa shape index (κ3) is 4.66. The molecule has 7 nitrogen and oxygen atoms in total. The predicted octanol–water partition coefficient (Wildman–Crippen LogP) is 4.12. The van der Waals surface area contributed by atoms with E-state index >= 15 is 0 Å². The quantitative estimate of drug-likeness (QED) is 0.468. The van der Waals surface area contributed by atoms with Gasteiger partial charge in [-0.1, -0.05) is 12.1 Å². The minimum atomic E-state index is -1.12. The van der Waals surface area contributed by atoms with Crippen LogP contribution in [0.3, 0.4) is 0 Å². The molecular weight excluding hydrogens is 458 g/mol. The van der Waals surface area contributed by atoms with Gasteiger partial charge in [0.15, 0.2) is 11.6 Å². The highest BCUT2D eigenvalue weighted by Crippen LogP contribution is 2.38. The number of ether oxygens (including phenoxy) is 3. The zero-order chi connectivity index (χ0) is 25.3. The molecule has 2 atom stereocenters. The molecule has 1 aliphatic rings. The number of methoxy groups -OCH3 is 1. The zero-order valence-electron chi connectivity index (χ0n) is 20.1. The van der Waals surface area contributed by atoms with Gasteiger partial charge in [0, 0.05) is 11.6 Å². The van der Waals surface area contributed by atoms with E-state index in [9.17, 15) is 18.4 Å². The van der Waals surface area contributed by atoms with Crippen LogP contribution < -0.4 is 10.3 Å². The van der Waals surface area contributed by atoms with E-state index < -0.39 is 29.2 Å². The summed E-state index contributed by atoms with van der Waals surface area (Å²) in [5, 5.41) is 0.315. The Balaban J connectivity index is 1.87. The first-order chi connectivity index (χ1) is 16.8. The van der Waals surface area contributed by atoms with E-state index in [2.05, 4.69) is 4.90 Å². The van der Waals surface area contributed by atoms with E-state index in [1.165, 1.54) is 4.57 Å². The number of halogens is 2.